The van der Waals surface area contributed by atoms with Crippen molar-refractivity contribution >= 4 is 5.91 Å². The van der Waals surface area contributed by atoms with E-state index in [9.17, 15) is 9.90 Å². The summed E-state index contributed by atoms with van der Waals surface area (Å²) in [6.45, 7) is 10.2. The highest BCUT2D eigenvalue weighted by molar-refractivity contribution is 5.76. The summed E-state index contributed by atoms with van der Waals surface area (Å²) in [5, 5.41) is 9.58. The number of phenolic OH excluding ortho intramolecular Hbond substituents is 1. The number of nitrogens with zero attached hydrogens (tertiary/aromatic N) is 1. The van der Waals surface area contributed by atoms with E-state index in [-0.39, 0.29) is 17.1 Å². The van der Waals surface area contributed by atoms with Crippen LogP contribution < -0.4 is 0 Å². The Morgan fingerprint density at radius 3 is 2.71 bits per heavy atom. The molecule has 0 saturated heterocycles. The average Bonchev–Trinajstić information content (AvgIpc) is 2.35. The van der Waals surface area contributed by atoms with Crippen molar-refractivity contribution in [3.63, 3.8) is 0 Å². The van der Waals surface area contributed by atoms with Gasteiger partial charge in [-0.1, -0.05) is 33.8 Å². The number of hydrogen-bond donors (Lipinski definition) is 1. The molecule has 0 spiro atoms. The van der Waals surface area contributed by atoms with E-state index in [1.54, 1.807) is 12.1 Å². The Kier molecular flexibility index (Phi) is 4.60. The van der Waals surface area contributed by atoms with Gasteiger partial charge >= 0.3 is 0 Å². The molecule has 0 radical (unpaired) electrons. The second-order valence-corrected chi connectivity index (χ2v) is 7.59. The third-order valence-electron chi connectivity index (χ3n) is 4.04. The number of rotatable bonds is 3. The van der Waals surface area contributed by atoms with E-state index in [0.717, 1.165) is 24.9 Å². The molecule has 1 aliphatic rings. The number of amides is 1. The zero-order valence-electron chi connectivity index (χ0n) is 13.6. The maximum atomic E-state index is 12.5. The highest BCUT2D eigenvalue weighted by Gasteiger charge is 2.24. The van der Waals surface area contributed by atoms with Crippen molar-refractivity contribution < 1.29 is 9.90 Å². The minimum atomic E-state index is 0.237. The van der Waals surface area contributed by atoms with E-state index in [1.807, 2.05) is 11.0 Å². The van der Waals surface area contributed by atoms with Crippen LogP contribution in [0.25, 0.3) is 0 Å². The molecule has 1 atom stereocenters. The van der Waals surface area contributed by atoms with E-state index in [1.165, 1.54) is 5.56 Å². The molecule has 1 aromatic carbocycles. The summed E-state index contributed by atoms with van der Waals surface area (Å²) in [7, 11) is 0. The molecule has 1 N–H and O–H groups in total. The van der Waals surface area contributed by atoms with E-state index in [2.05, 4.69) is 27.7 Å². The molecule has 0 fully saturated rings. The average molecular weight is 289 g/mol. The van der Waals surface area contributed by atoms with E-state index in [4.69, 9.17) is 0 Å². The maximum absolute atomic E-state index is 12.5. The number of benzene rings is 1. The quantitative estimate of drug-likeness (QED) is 0.921. The smallest absolute Gasteiger partial charge is 0.223 e. The van der Waals surface area contributed by atoms with Gasteiger partial charge < -0.3 is 10.0 Å². The predicted molar refractivity (Wildman–Crippen MR) is 85.1 cm³/mol. The molecule has 0 aliphatic carbocycles. The second-order valence-electron chi connectivity index (χ2n) is 7.59. The highest BCUT2D eigenvalue weighted by Crippen LogP contribution is 2.28. The lowest BCUT2D eigenvalue weighted by molar-refractivity contribution is -0.133. The summed E-state index contributed by atoms with van der Waals surface area (Å²) >= 11 is 0. The number of hydrogen-bond acceptors (Lipinski definition) is 2. The van der Waals surface area contributed by atoms with Crippen LogP contribution in [0.4, 0.5) is 0 Å². The van der Waals surface area contributed by atoms with Gasteiger partial charge in [0.1, 0.15) is 5.75 Å². The van der Waals surface area contributed by atoms with Crippen molar-refractivity contribution in [3.05, 3.63) is 29.3 Å². The minimum absolute atomic E-state index is 0.237. The molecule has 1 aliphatic heterocycles. The van der Waals surface area contributed by atoms with Crippen molar-refractivity contribution in [1.29, 1.82) is 0 Å². The molecule has 1 amide bonds. The molecular formula is C18H27NO2. The van der Waals surface area contributed by atoms with E-state index in [0.29, 0.717) is 18.9 Å². The second kappa shape index (κ2) is 6.08. The molecule has 1 aromatic rings. The van der Waals surface area contributed by atoms with Gasteiger partial charge in [0.05, 0.1) is 0 Å². The monoisotopic (exact) mass is 289 g/mol. The van der Waals surface area contributed by atoms with Crippen LogP contribution in [0, 0.1) is 11.3 Å². The molecule has 116 valence electrons. The first-order valence-corrected chi connectivity index (χ1v) is 7.83. The Hall–Kier alpha value is -1.51. The molecule has 1 heterocycles. The van der Waals surface area contributed by atoms with Gasteiger partial charge in [-0.3, -0.25) is 4.79 Å². The van der Waals surface area contributed by atoms with Crippen LogP contribution in [0.5, 0.6) is 5.75 Å². The summed E-state index contributed by atoms with van der Waals surface area (Å²) < 4.78 is 0. The Labute approximate surface area is 128 Å². The van der Waals surface area contributed by atoms with Crippen LogP contribution in [0.1, 0.15) is 51.7 Å². The van der Waals surface area contributed by atoms with Crippen LogP contribution >= 0.6 is 0 Å². The van der Waals surface area contributed by atoms with Gasteiger partial charge in [0.25, 0.3) is 0 Å². The lowest BCUT2D eigenvalue weighted by atomic mass is 9.84. The summed E-state index contributed by atoms with van der Waals surface area (Å²) in [4.78, 5) is 14.4. The van der Waals surface area contributed by atoms with Crippen molar-refractivity contribution in [2.24, 2.45) is 11.3 Å². The molecule has 0 aromatic heterocycles. The van der Waals surface area contributed by atoms with Crippen LogP contribution in [0.2, 0.25) is 0 Å². The van der Waals surface area contributed by atoms with Gasteiger partial charge in [-0.25, -0.2) is 0 Å². The first-order valence-electron chi connectivity index (χ1n) is 7.83. The van der Waals surface area contributed by atoms with Gasteiger partial charge in [-0.05, 0) is 47.4 Å². The summed E-state index contributed by atoms with van der Waals surface area (Å²) in [5.74, 6) is 0.924. The van der Waals surface area contributed by atoms with E-state index >= 15 is 0 Å². The van der Waals surface area contributed by atoms with Crippen LogP contribution in [0.3, 0.4) is 0 Å². The lowest BCUT2D eigenvalue weighted by Crippen LogP contribution is -2.36. The Balaban J connectivity index is 1.96. The van der Waals surface area contributed by atoms with Gasteiger partial charge in [0, 0.05) is 19.5 Å². The first-order chi connectivity index (χ1) is 9.74. The van der Waals surface area contributed by atoms with Crippen LogP contribution in [-0.4, -0.2) is 22.5 Å². The number of aromatic hydroxyl groups is 1. The Morgan fingerprint density at radius 2 is 2.05 bits per heavy atom. The van der Waals surface area contributed by atoms with Gasteiger partial charge in [-0.2, -0.15) is 0 Å². The Morgan fingerprint density at radius 1 is 1.33 bits per heavy atom. The topological polar surface area (TPSA) is 40.5 Å². The third-order valence-corrected chi connectivity index (χ3v) is 4.04. The molecule has 2 rings (SSSR count). The molecule has 1 unspecified atom stereocenters. The van der Waals surface area contributed by atoms with Gasteiger partial charge in [0.2, 0.25) is 5.91 Å². The minimum Gasteiger partial charge on any atom is -0.508 e. The molecule has 0 bridgehead atoms. The van der Waals surface area contributed by atoms with Gasteiger partial charge in [0.15, 0.2) is 0 Å². The molecular weight excluding hydrogens is 262 g/mol. The maximum Gasteiger partial charge on any atom is 0.223 e. The first kappa shape index (κ1) is 15.9. The summed E-state index contributed by atoms with van der Waals surface area (Å²) in [6.07, 6.45) is 2.56. The molecule has 3 heteroatoms. The van der Waals surface area contributed by atoms with E-state index < -0.39 is 0 Å². The van der Waals surface area contributed by atoms with Crippen molar-refractivity contribution in [2.75, 3.05) is 6.54 Å². The predicted octanol–water partition coefficient (Wildman–Crippen LogP) is 3.74. The molecule has 0 saturated carbocycles. The SMILES string of the molecule is CC(CC(=O)N1CCc2ccc(O)cc2C1)CC(C)(C)C. The molecule has 3 nitrogen and oxygen atoms in total. The number of carbonyl (C=O) groups is 1. The zero-order valence-corrected chi connectivity index (χ0v) is 13.6. The largest absolute Gasteiger partial charge is 0.508 e. The fourth-order valence-electron chi connectivity index (χ4n) is 3.30. The number of phenols is 1. The fraction of sp³-hybridized carbons (Fsp3) is 0.611. The summed E-state index contributed by atoms with van der Waals surface area (Å²) in [6, 6.07) is 5.48. The number of carbonyl (C=O) groups excluding carboxylic acids is 1. The van der Waals surface area contributed by atoms with Crippen LogP contribution in [0.15, 0.2) is 18.2 Å². The third kappa shape index (κ3) is 4.48. The van der Waals surface area contributed by atoms with Crippen molar-refractivity contribution in [2.45, 2.75) is 53.5 Å². The normalized spacial score (nSPS) is 16.5. The van der Waals surface area contributed by atoms with Crippen molar-refractivity contribution in [3.8, 4) is 5.75 Å². The van der Waals surface area contributed by atoms with Crippen LogP contribution in [-0.2, 0) is 17.8 Å². The lowest BCUT2D eigenvalue weighted by Gasteiger charge is -2.31. The fourth-order valence-corrected chi connectivity index (χ4v) is 3.30. The zero-order chi connectivity index (χ0) is 15.6. The summed E-state index contributed by atoms with van der Waals surface area (Å²) in [5.41, 5.74) is 2.60. The standard InChI is InChI=1S/C18H27NO2/c1-13(11-18(2,3)4)9-17(21)19-8-7-14-5-6-16(20)10-15(14)12-19/h5-6,10,13,20H,7-9,11-12H2,1-4H3. The van der Waals surface area contributed by atoms with Crippen molar-refractivity contribution in [1.82, 2.24) is 4.90 Å². The molecule has 21 heavy (non-hydrogen) atoms. The number of fused-ring (bicyclic) bond motifs is 1. The Bertz CT molecular complexity index is 516. The highest BCUT2D eigenvalue weighted by atomic mass is 16.3. The van der Waals surface area contributed by atoms with Gasteiger partial charge in [-0.15, -0.1) is 0 Å².